The highest BCUT2D eigenvalue weighted by Gasteiger charge is 2.28. The molecule has 1 saturated heterocycles. The van der Waals surface area contributed by atoms with Crippen LogP contribution in [0.15, 0.2) is 58.5 Å². The molecule has 4 rings (SSSR count). The van der Waals surface area contributed by atoms with Crippen molar-refractivity contribution < 1.29 is 18.1 Å². The topological polar surface area (TPSA) is 127 Å². The molecule has 1 aromatic heterocycles. The summed E-state index contributed by atoms with van der Waals surface area (Å²) in [6.45, 7) is 0.950. The minimum Gasteiger partial charge on any atom is -0.379 e. The van der Waals surface area contributed by atoms with Crippen LogP contribution in [0.2, 0.25) is 5.15 Å². The molecule has 10 nitrogen and oxygen atoms in total. The van der Waals surface area contributed by atoms with Gasteiger partial charge in [0.15, 0.2) is 0 Å². The lowest BCUT2D eigenvalue weighted by atomic mass is 10.2. The van der Waals surface area contributed by atoms with E-state index in [1.165, 1.54) is 22.7 Å². The third-order valence-electron chi connectivity index (χ3n) is 4.87. The first-order valence-electron chi connectivity index (χ1n) is 9.57. The number of ether oxygens (including phenoxy) is 1. The van der Waals surface area contributed by atoms with Gasteiger partial charge in [0, 0.05) is 30.1 Å². The summed E-state index contributed by atoms with van der Waals surface area (Å²) in [4.78, 5) is 15.0. The summed E-state index contributed by atoms with van der Waals surface area (Å²) >= 11 is 6.19. The van der Waals surface area contributed by atoms with Gasteiger partial charge in [0.05, 0.1) is 34.8 Å². The maximum atomic E-state index is 12.8. The first kappa shape index (κ1) is 22.1. The summed E-state index contributed by atoms with van der Waals surface area (Å²) in [5.41, 5.74) is 3.46. The minimum absolute atomic E-state index is 0.0389. The predicted molar refractivity (Wildman–Crippen MR) is 121 cm³/mol. The van der Waals surface area contributed by atoms with Crippen LogP contribution in [-0.2, 0) is 14.8 Å². The molecule has 0 spiro atoms. The fourth-order valence-corrected chi connectivity index (χ4v) is 4.85. The molecule has 3 aromatic rings. The molecule has 32 heavy (non-hydrogen) atoms. The number of anilines is 1. The Morgan fingerprint density at radius 2 is 1.94 bits per heavy atom. The maximum absolute atomic E-state index is 12.8. The van der Waals surface area contributed by atoms with E-state index in [0.717, 1.165) is 17.0 Å². The zero-order valence-corrected chi connectivity index (χ0v) is 18.2. The number of morpholine rings is 1. The van der Waals surface area contributed by atoms with E-state index >= 15 is 0 Å². The first-order chi connectivity index (χ1) is 15.4. The molecule has 0 atom stereocenters. The number of hydrogen-bond donors (Lipinski definition) is 1. The van der Waals surface area contributed by atoms with Crippen molar-refractivity contribution in [2.24, 2.45) is 5.10 Å². The molecule has 1 aliphatic rings. The summed E-state index contributed by atoms with van der Waals surface area (Å²) in [7, 11) is -3.87. The van der Waals surface area contributed by atoms with Crippen molar-refractivity contribution >= 4 is 50.1 Å². The molecule has 0 amide bonds. The molecule has 2 aromatic carbocycles. The number of aromatic nitrogens is 1. The molecule has 0 saturated carbocycles. The quantitative estimate of drug-likeness (QED) is 0.251. The summed E-state index contributed by atoms with van der Waals surface area (Å²) in [5.74, 6) is 0. The zero-order valence-electron chi connectivity index (χ0n) is 16.6. The van der Waals surface area contributed by atoms with Crippen molar-refractivity contribution in [2.75, 3.05) is 31.7 Å². The molecule has 0 bridgehead atoms. The summed E-state index contributed by atoms with van der Waals surface area (Å²) in [6, 6.07) is 12.9. The van der Waals surface area contributed by atoms with Gasteiger partial charge in [0.25, 0.3) is 5.69 Å². The number of nitro benzene ring substituents is 1. The second-order valence-corrected chi connectivity index (χ2v) is 9.18. The number of sulfonamides is 1. The predicted octanol–water partition coefficient (Wildman–Crippen LogP) is 3.26. The average Bonchev–Trinajstić information content (AvgIpc) is 2.80. The Hall–Kier alpha value is -3.12. The molecule has 0 aliphatic carbocycles. The summed E-state index contributed by atoms with van der Waals surface area (Å²) in [6.07, 6.45) is 1.39. The van der Waals surface area contributed by atoms with Crippen LogP contribution in [0.5, 0.6) is 0 Å². The molecule has 166 valence electrons. The van der Waals surface area contributed by atoms with Crippen molar-refractivity contribution in [3.05, 3.63) is 69.4 Å². The van der Waals surface area contributed by atoms with Crippen LogP contribution in [0, 0.1) is 10.1 Å². The second-order valence-electron chi connectivity index (χ2n) is 6.88. The van der Waals surface area contributed by atoms with Gasteiger partial charge >= 0.3 is 0 Å². The Kier molecular flexibility index (Phi) is 6.33. The van der Waals surface area contributed by atoms with Crippen molar-refractivity contribution in [2.45, 2.75) is 4.90 Å². The molecule has 0 unspecified atom stereocenters. The van der Waals surface area contributed by atoms with Gasteiger partial charge in [-0.1, -0.05) is 29.8 Å². The van der Waals surface area contributed by atoms with Gasteiger partial charge in [-0.25, -0.2) is 13.4 Å². The summed E-state index contributed by atoms with van der Waals surface area (Å²) < 4.78 is 32.0. The lowest BCUT2D eigenvalue weighted by molar-refractivity contribution is -0.384. The van der Waals surface area contributed by atoms with Gasteiger partial charge in [0.1, 0.15) is 10.8 Å². The molecule has 1 aliphatic heterocycles. The number of benzene rings is 2. The highest BCUT2D eigenvalue weighted by molar-refractivity contribution is 7.89. The van der Waals surface area contributed by atoms with Gasteiger partial charge in [0.2, 0.25) is 10.0 Å². The number of nitro groups is 1. The van der Waals surface area contributed by atoms with Gasteiger partial charge in [-0.05, 0) is 24.3 Å². The van der Waals surface area contributed by atoms with Crippen molar-refractivity contribution in [1.82, 2.24) is 9.29 Å². The molecule has 1 fully saturated rings. The van der Waals surface area contributed by atoms with Crippen LogP contribution < -0.4 is 5.43 Å². The standard InChI is InChI=1S/C20H18ClN5O5S/c21-20-15(11-14-3-1-2-4-17(14)23-20)13-22-24-18-6-5-16(12-19(18)26(27)28)32(29,30)25-7-9-31-10-8-25/h1-6,11-13,24H,7-10H2/b22-13+. The van der Waals surface area contributed by atoms with Crippen LogP contribution in [0.25, 0.3) is 10.9 Å². The molecule has 12 heteroatoms. The van der Waals surface area contributed by atoms with Crippen LogP contribution in [0.3, 0.4) is 0 Å². The second kappa shape index (κ2) is 9.17. The zero-order chi connectivity index (χ0) is 22.7. The Bertz CT molecular complexity index is 1310. The SMILES string of the molecule is O=[N+]([O-])c1cc(S(=O)(=O)N2CCOCC2)ccc1N/N=C/c1cc2ccccc2nc1Cl. The van der Waals surface area contributed by atoms with E-state index in [0.29, 0.717) is 5.56 Å². The molecular formula is C20H18ClN5O5S. The Balaban J connectivity index is 1.59. The number of rotatable bonds is 6. The van der Waals surface area contributed by atoms with Crippen molar-refractivity contribution in [3.8, 4) is 0 Å². The third kappa shape index (κ3) is 4.55. The van der Waals surface area contributed by atoms with E-state index in [1.807, 2.05) is 24.3 Å². The molecule has 2 heterocycles. The number of hydrogen-bond acceptors (Lipinski definition) is 8. The fourth-order valence-electron chi connectivity index (χ4n) is 3.22. The lowest BCUT2D eigenvalue weighted by Crippen LogP contribution is -2.40. The monoisotopic (exact) mass is 475 g/mol. The highest BCUT2D eigenvalue weighted by atomic mass is 35.5. The number of halogens is 1. The minimum atomic E-state index is -3.87. The van der Waals surface area contributed by atoms with Crippen molar-refractivity contribution in [1.29, 1.82) is 0 Å². The van der Waals surface area contributed by atoms with Crippen LogP contribution >= 0.6 is 11.6 Å². The number of para-hydroxylation sites is 1. The number of nitrogens with zero attached hydrogens (tertiary/aromatic N) is 4. The van der Waals surface area contributed by atoms with E-state index in [4.69, 9.17) is 16.3 Å². The van der Waals surface area contributed by atoms with Gasteiger partial charge in [-0.15, -0.1) is 0 Å². The van der Waals surface area contributed by atoms with Crippen LogP contribution in [0.1, 0.15) is 5.56 Å². The number of pyridine rings is 1. The van der Waals surface area contributed by atoms with E-state index in [-0.39, 0.29) is 42.0 Å². The fraction of sp³-hybridized carbons (Fsp3) is 0.200. The molecular weight excluding hydrogens is 458 g/mol. The number of hydrazone groups is 1. The first-order valence-corrected chi connectivity index (χ1v) is 11.4. The highest BCUT2D eigenvalue weighted by Crippen LogP contribution is 2.29. The Morgan fingerprint density at radius 3 is 2.69 bits per heavy atom. The van der Waals surface area contributed by atoms with E-state index < -0.39 is 20.6 Å². The van der Waals surface area contributed by atoms with Gasteiger partial charge < -0.3 is 4.74 Å². The van der Waals surface area contributed by atoms with E-state index in [9.17, 15) is 18.5 Å². The van der Waals surface area contributed by atoms with E-state index in [2.05, 4.69) is 15.5 Å². The number of nitrogens with one attached hydrogen (secondary N) is 1. The largest absolute Gasteiger partial charge is 0.379 e. The average molecular weight is 476 g/mol. The molecule has 0 radical (unpaired) electrons. The Labute approximate surface area is 188 Å². The maximum Gasteiger partial charge on any atom is 0.295 e. The van der Waals surface area contributed by atoms with Crippen molar-refractivity contribution in [3.63, 3.8) is 0 Å². The summed E-state index contributed by atoms with van der Waals surface area (Å²) in [5, 5.41) is 16.7. The Morgan fingerprint density at radius 1 is 1.19 bits per heavy atom. The van der Waals surface area contributed by atoms with Crippen LogP contribution in [-0.4, -0.2) is 55.1 Å². The van der Waals surface area contributed by atoms with Crippen LogP contribution in [0.4, 0.5) is 11.4 Å². The lowest BCUT2D eigenvalue weighted by Gasteiger charge is -2.26. The normalized spacial score (nSPS) is 15.3. The van der Waals surface area contributed by atoms with Gasteiger partial charge in [-0.3, -0.25) is 15.5 Å². The van der Waals surface area contributed by atoms with E-state index in [1.54, 1.807) is 6.07 Å². The van der Waals surface area contributed by atoms with Gasteiger partial charge in [-0.2, -0.15) is 9.41 Å². The molecule has 1 N–H and O–H groups in total. The number of fused-ring (bicyclic) bond motifs is 1. The third-order valence-corrected chi connectivity index (χ3v) is 7.06. The smallest absolute Gasteiger partial charge is 0.295 e.